The first kappa shape index (κ1) is 9.43. The Morgan fingerprint density at radius 2 is 2.00 bits per heavy atom. The van der Waals surface area contributed by atoms with Crippen LogP contribution in [0.1, 0.15) is 27.7 Å². The van der Waals surface area contributed by atoms with Gasteiger partial charge in [-0.1, -0.05) is 0 Å². The smallest absolute Gasteiger partial charge is 0.302 e. The lowest BCUT2D eigenvalue weighted by atomic mass is 10.0. The fourth-order valence-electron chi connectivity index (χ4n) is 0.401. The average molecular weight is 145 g/mol. The minimum absolute atomic E-state index is 0.231. The fourth-order valence-corrected chi connectivity index (χ4v) is 0.401. The highest BCUT2D eigenvalue weighted by atomic mass is 16.5. The van der Waals surface area contributed by atoms with Crippen LogP contribution in [0.4, 0.5) is 0 Å². The largest absolute Gasteiger partial charge is 0.461 e. The Labute approximate surface area is 61.5 Å². The second kappa shape index (κ2) is 3.01. The van der Waals surface area contributed by atoms with Crippen molar-refractivity contribution in [2.45, 2.75) is 39.3 Å². The van der Waals surface area contributed by atoms with E-state index in [0.717, 1.165) is 0 Å². The first-order valence-electron chi connectivity index (χ1n) is 3.30. The van der Waals surface area contributed by atoms with Gasteiger partial charge in [-0.05, 0) is 20.8 Å². The summed E-state index contributed by atoms with van der Waals surface area (Å²) in [5.74, 6) is -0.286. The van der Waals surface area contributed by atoms with Gasteiger partial charge in [0.1, 0.15) is 6.10 Å². The van der Waals surface area contributed by atoms with Gasteiger partial charge < -0.3 is 10.5 Å². The summed E-state index contributed by atoms with van der Waals surface area (Å²) >= 11 is 0. The highest BCUT2D eigenvalue weighted by molar-refractivity contribution is 5.66. The van der Waals surface area contributed by atoms with Gasteiger partial charge in [-0.15, -0.1) is 0 Å². The maximum atomic E-state index is 10.4. The number of hydrogen-bond donors (Lipinski definition) is 1. The lowest BCUT2D eigenvalue weighted by Gasteiger charge is -2.26. The van der Waals surface area contributed by atoms with Crippen molar-refractivity contribution in [2.75, 3.05) is 0 Å². The van der Waals surface area contributed by atoms with Gasteiger partial charge in [0.05, 0.1) is 0 Å². The van der Waals surface area contributed by atoms with Gasteiger partial charge in [0.25, 0.3) is 0 Å². The van der Waals surface area contributed by atoms with E-state index in [9.17, 15) is 4.79 Å². The van der Waals surface area contributed by atoms with Gasteiger partial charge in [-0.25, -0.2) is 0 Å². The molecule has 0 aliphatic heterocycles. The summed E-state index contributed by atoms with van der Waals surface area (Å²) in [7, 11) is 0. The van der Waals surface area contributed by atoms with Gasteiger partial charge in [0.2, 0.25) is 0 Å². The number of ether oxygens (including phenoxy) is 1. The van der Waals surface area contributed by atoms with Crippen LogP contribution < -0.4 is 5.73 Å². The van der Waals surface area contributed by atoms with Crippen LogP contribution in [0, 0.1) is 0 Å². The Balaban J connectivity index is 3.85. The number of nitrogens with two attached hydrogens (primary N) is 1. The summed E-state index contributed by atoms with van der Waals surface area (Å²) in [6, 6.07) is 0. The molecule has 0 spiro atoms. The molecule has 3 nitrogen and oxygen atoms in total. The zero-order valence-corrected chi connectivity index (χ0v) is 6.97. The molecule has 0 bridgehead atoms. The van der Waals surface area contributed by atoms with Crippen molar-refractivity contribution in [3.05, 3.63) is 0 Å². The second-order valence-electron chi connectivity index (χ2n) is 3.07. The third-order valence-electron chi connectivity index (χ3n) is 1.39. The second-order valence-corrected chi connectivity index (χ2v) is 3.07. The van der Waals surface area contributed by atoms with Crippen LogP contribution in [0.3, 0.4) is 0 Å². The summed E-state index contributed by atoms with van der Waals surface area (Å²) in [5, 5.41) is 0. The predicted molar refractivity (Wildman–Crippen MR) is 39.5 cm³/mol. The molecule has 0 saturated carbocycles. The van der Waals surface area contributed by atoms with Gasteiger partial charge in [-0.3, -0.25) is 4.79 Å². The molecule has 1 atom stereocenters. The topological polar surface area (TPSA) is 52.3 Å². The quantitative estimate of drug-likeness (QED) is 0.581. The SMILES string of the molecule is CC(=O)OC(C)C(C)(C)N. The molecule has 0 radical (unpaired) electrons. The molecule has 0 heterocycles. The van der Waals surface area contributed by atoms with Crippen molar-refractivity contribution >= 4 is 5.97 Å². The normalized spacial score (nSPS) is 14.5. The molecule has 3 heteroatoms. The fraction of sp³-hybridized carbons (Fsp3) is 0.857. The molecule has 2 N–H and O–H groups in total. The van der Waals surface area contributed by atoms with E-state index >= 15 is 0 Å². The van der Waals surface area contributed by atoms with Crippen LogP contribution in [0.5, 0.6) is 0 Å². The molecule has 0 aromatic rings. The summed E-state index contributed by atoms with van der Waals surface area (Å²) in [4.78, 5) is 10.4. The molecular formula is C7H15NO2. The van der Waals surface area contributed by atoms with Gasteiger partial charge in [0, 0.05) is 12.5 Å². The van der Waals surface area contributed by atoms with Crippen LogP contribution in [0.15, 0.2) is 0 Å². The molecule has 0 saturated heterocycles. The van der Waals surface area contributed by atoms with Crippen molar-refractivity contribution in [3.63, 3.8) is 0 Å². The first-order chi connectivity index (χ1) is 4.34. The molecule has 10 heavy (non-hydrogen) atoms. The van der Waals surface area contributed by atoms with Gasteiger partial charge >= 0.3 is 5.97 Å². The average Bonchev–Trinajstić information content (AvgIpc) is 1.60. The van der Waals surface area contributed by atoms with Crippen LogP contribution in [-0.4, -0.2) is 17.6 Å². The molecule has 0 amide bonds. The number of rotatable bonds is 2. The summed E-state index contributed by atoms with van der Waals surface area (Å²) < 4.78 is 4.85. The van der Waals surface area contributed by atoms with E-state index in [2.05, 4.69) is 0 Å². The van der Waals surface area contributed by atoms with E-state index in [4.69, 9.17) is 10.5 Å². The molecule has 60 valence electrons. The first-order valence-corrected chi connectivity index (χ1v) is 3.30. The maximum absolute atomic E-state index is 10.4. The molecular weight excluding hydrogens is 130 g/mol. The third-order valence-corrected chi connectivity index (χ3v) is 1.39. The van der Waals surface area contributed by atoms with Gasteiger partial charge in [-0.2, -0.15) is 0 Å². The molecule has 0 aliphatic carbocycles. The molecule has 0 aromatic heterocycles. The Bertz CT molecular complexity index is 126. The molecule has 0 rings (SSSR count). The lowest BCUT2D eigenvalue weighted by molar-refractivity contribution is -0.148. The third kappa shape index (κ3) is 3.45. The lowest BCUT2D eigenvalue weighted by Crippen LogP contribution is -2.45. The van der Waals surface area contributed by atoms with E-state index in [1.807, 2.05) is 13.8 Å². The molecule has 0 aliphatic rings. The monoisotopic (exact) mass is 145 g/mol. The van der Waals surface area contributed by atoms with E-state index in [1.165, 1.54) is 6.92 Å². The van der Waals surface area contributed by atoms with E-state index < -0.39 is 5.54 Å². The Kier molecular flexibility index (Phi) is 2.84. The minimum atomic E-state index is -0.453. The predicted octanol–water partition coefficient (Wildman–Crippen LogP) is 0.675. The maximum Gasteiger partial charge on any atom is 0.302 e. The van der Waals surface area contributed by atoms with E-state index in [-0.39, 0.29) is 12.1 Å². The summed E-state index contributed by atoms with van der Waals surface area (Å²) in [6.45, 7) is 6.80. The highest BCUT2D eigenvalue weighted by Gasteiger charge is 2.22. The zero-order valence-electron chi connectivity index (χ0n) is 6.97. The Hall–Kier alpha value is -0.570. The zero-order chi connectivity index (χ0) is 8.36. The molecule has 0 aromatic carbocycles. The van der Waals surface area contributed by atoms with E-state index in [1.54, 1.807) is 6.92 Å². The van der Waals surface area contributed by atoms with Crippen LogP contribution in [0.25, 0.3) is 0 Å². The van der Waals surface area contributed by atoms with Crippen LogP contribution in [0.2, 0.25) is 0 Å². The standard InChI is InChI=1S/C7H15NO2/c1-5(7(3,4)8)10-6(2)9/h5H,8H2,1-4H3. The number of carbonyl (C=O) groups excluding carboxylic acids is 1. The number of esters is 1. The van der Waals surface area contributed by atoms with Crippen molar-refractivity contribution in [1.29, 1.82) is 0 Å². The van der Waals surface area contributed by atoms with Crippen molar-refractivity contribution < 1.29 is 9.53 Å². The molecule has 1 unspecified atom stereocenters. The minimum Gasteiger partial charge on any atom is -0.461 e. The van der Waals surface area contributed by atoms with Crippen LogP contribution >= 0.6 is 0 Å². The van der Waals surface area contributed by atoms with Crippen molar-refractivity contribution in [2.24, 2.45) is 5.73 Å². The Morgan fingerprint density at radius 3 is 2.10 bits per heavy atom. The van der Waals surface area contributed by atoms with Gasteiger partial charge in [0.15, 0.2) is 0 Å². The van der Waals surface area contributed by atoms with E-state index in [0.29, 0.717) is 0 Å². The van der Waals surface area contributed by atoms with Crippen molar-refractivity contribution in [1.82, 2.24) is 0 Å². The number of carbonyl (C=O) groups is 1. The Morgan fingerprint density at radius 1 is 1.60 bits per heavy atom. The van der Waals surface area contributed by atoms with Crippen LogP contribution in [-0.2, 0) is 9.53 Å². The highest BCUT2D eigenvalue weighted by Crippen LogP contribution is 2.07. The summed E-state index contributed by atoms with van der Waals surface area (Å²) in [6.07, 6.45) is -0.231. The molecule has 0 fully saturated rings. The van der Waals surface area contributed by atoms with Crippen molar-refractivity contribution in [3.8, 4) is 0 Å². The summed E-state index contributed by atoms with van der Waals surface area (Å²) in [5.41, 5.74) is 5.20. The number of hydrogen-bond acceptors (Lipinski definition) is 3.